The lowest BCUT2D eigenvalue weighted by atomic mass is 10.1. The highest BCUT2D eigenvalue weighted by Gasteiger charge is 2.21. The molecule has 0 saturated heterocycles. The number of hydrogen-bond donors (Lipinski definition) is 1. The topological polar surface area (TPSA) is 139 Å². The molecule has 3 aromatic carbocycles. The summed E-state index contributed by atoms with van der Waals surface area (Å²) in [5, 5.41) is 12.0. The van der Waals surface area contributed by atoms with Crippen LogP contribution < -0.4 is 14.8 Å². The molecule has 12 heteroatoms. The minimum Gasteiger partial charge on any atom is -0.493 e. The Morgan fingerprint density at radius 3 is 2.57 bits per heavy atom. The predicted molar refractivity (Wildman–Crippen MR) is 159 cm³/mol. The molecule has 5 aromatic rings. The molecule has 2 heterocycles. The summed E-state index contributed by atoms with van der Waals surface area (Å²) in [4.78, 5) is 33.4. The normalized spacial score (nSPS) is 11.5. The molecule has 42 heavy (non-hydrogen) atoms. The number of nitrogens with zero attached hydrogens (tertiary/aromatic N) is 5. The summed E-state index contributed by atoms with van der Waals surface area (Å²) >= 11 is 0. The number of hydrogen-bond acceptors (Lipinski definition) is 11. The van der Waals surface area contributed by atoms with Gasteiger partial charge in [0.05, 0.1) is 30.9 Å². The van der Waals surface area contributed by atoms with E-state index < -0.39 is 11.7 Å². The summed E-state index contributed by atoms with van der Waals surface area (Å²) in [6.07, 6.45) is 1.03. The van der Waals surface area contributed by atoms with Gasteiger partial charge in [0.1, 0.15) is 23.7 Å². The van der Waals surface area contributed by atoms with Crippen molar-refractivity contribution in [3.8, 4) is 22.9 Å². The van der Waals surface area contributed by atoms with E-state index >= 15 is 0 Å². The second-order valence-electron chi connectivity index (χ2n) is 10.3. The number of anilines is 2. The van der Waals surface area contributed by atoms with Crippen molar-refractivity contribution in [2.75, 3.05) is 32.8 Å². The highest BCUT2D eigenvalue weighted by atomic mass is 16.6. The van der Waals surface area contributed by atoms with Gasteiger partial charge < -0.3 is 24.3 Å². The molecule has 0 atom stereocenters. The first-order valence-corrected chi connectivity index (χ1v) is 13.1. The molecule has 0 aliphatic carbocycles. The number of fused-ring (bicyclic) bond motifs is 2. The second kappa shape index (κ2) is 11.8. The largest absolute Gasteiger partial charge is 0.493 e. The monoisotopic (exact) mass is 570 g/mol. The maximum absolute atomic E-state index is 12.6. The smallest absolute Gasteiger partial charge is 0.435 e. The number of nitrogens with one attached hydrogen (secondary N) is 1. The Hall–Kier alpha value is -5.10. The van der Waals surface area contributed by atoms with Crippen LogP contribution in [0.1, 0.15) is 20.8 Å². The van der Waals surface area contributed by atoms with Crippen LogP contribution in [0.5, 0.6) is 11.5 Å². The molecule has 12 nitrogen and oxygen atoms in total. The van der Waals surface area contributed by atoms with E-state index in [2.05, 4.69) is 15.6 Å². The fourth-order valence-electron chi connectivity index (χ4n) is 4.27. The molecule has 0 unspecified atom stereocenters. The first-order chi connectivity index (χ1) is 20.2. The lowest BCUT2D eigenvalue weighted by Crippen LogP contribution is -2.27. The zero-order chi connectivity index (χ0) is 29.9. The molecule has 0 aliphatic rings. The summed E-state index contributed by atoms with van der Waals surface area (Å²) in [7, 11) is 3.15. The van der Waals surface area contributed by atoms with Crippen molar-refractivity contribution >= 4 is 45.1 Å². The van der Waals surface area contributed by atoms with Crippen LogP contribution >= 0.6 is 0 Å². The first-order valence-electron chi connectivity index (χ1n) is 13.1. The van der Waals surface area contributed by atoms with E-state index in [0.717, 1.165) is 5.39 Å². The van der Waals surface area contributed by atoms with Crippen molar-refractivity contribution in [2.45, 2.75) is 26.4 Å². The van der Waals surface area contributed by atoms with Gasteiger partial charge in [-0.05, 0) is 62.3 Å². The molecule has 1 N–H and O–H groups in total. The summed E-state index contributed by atoms with van der Waals surface area (Å²) in [6.45, 7) is 6.13. The maximum atomic E-state index is 12.6. The summed E-state index contributed by atoms with van der Waals surface area (Å²) in [5.74, 6) is 1.86. The molecule has 0 amide bonds. The Morgan fingerprint density at radius 1 is 1.00 bits per heavy atom. The number of ether oxygens (including phenoxy) is 4. The number of carbonyl (C=O) groups excluding carboxylic acids is 1. The fraction of sp³-hybridized carbons (Fsp3) is 0.267. The Morgan fingerprint density at radius 2 is 1.83 bits per heavy atom. The van der Waals surface area contributed by atoms with Crippen molar-refractivity contribution in [1.82, 2.24) is 19.7 Å². The van der Waals surface area contributed by atoms with Gasteiger partial charge in [-0.3, -0.25) is 0 Å². The Bertz CT molecular complexity index is 1780. The lowest BCUT2D eigenvalue weighted by Gasteiger charge is -2.19. The molecule has 0 spiro atoms. The van der Waals surface area contributed by atoms with Gasteiger partial charge >= 0.3 is 6.09 Å². The van der Waals surface area contributed by atoms with Gasteiger partial charge in [0.2, 0.25) is 0 Å². The maximum Gasteiger partial charge on any atom is 0.435 e. The van der Waals surface area contributed by atoms with E-state index in [0.29, 0.717) is 64.0 Å². The number of rotatable bonds is 9. The molecular weight excluding hydrogens is 540 g/mol. The van der Waals surface area contributed by atoms with Gasteiger partial charge in [-0.25, -0.2) is 14.8 Å². The summed E-state index contributed by atoms with van der Waals surface area (Å²) in [6, 6.07) is 15.8. The Kier molecular flexibility index (Phi) is 7.98. The Labute approximate surface area is 241 Å². The Balaban J connectivity index is 1.59. The van der Waals surface area contributed by atoms with Crippen LogP contribution in [-0.4, -0.2) is 58.9 Å². The molecule has 0 fully saturated rings. The minimum atomic E-state index is -0.654. The number of benzene rings is 3. The van der Waals surface area contributed by atoms with Crippen LogP contribution in [0.2, 0.25) is 0 Å². The molecule has 216 valence electrons. The van der Waals surface area contributed by atoms with E-state index in [9.17, 15) is 9.70 Å². The number of aromatic nitrogens is 4. The SMILES string of the molecule is COCCOc1cc2c(Nc3ccc4c(cnn4C(=O)OC(C)(C)C)c3)nc(-c3cccc(N=O)c3)nc2cc1OC. The van der Waals surface area contributed by atoms with Crippen molar-refractivity contribution in [3.63, 3.8) is 0 Å². The number of carbonyl (C=O) groups is 1. The van der Waals surface area contributed by atoms with Gasteiger partial charge in [0.15, 0.2) is 17.3 Å². The molecule has 0 bridgehead atoms. The minimum absolute atomic E-state index is 0.262. The third kappa shape index (κ3) is 6.13. The van der Waals surface area contributed by atoms with Crippen LogP contribution in [0.3, 0.4) is 0 Å². The standard InChI is InChI=1S/C30H30N6O6/c1-30(2,3)42-29(37)36-24-10-9-20(14-19(24)17-31-36)32-28-22-15-26(41-12-11-39-4)25(40-5)16-23(22)33-27(34-28)18-7-6-8-21(13-18)35-38/h6-10,13-17H,11-12H2,1-5H3,(H,32,33,34). The molecule has 0 radical (unpaired) electrons. The van der Waals surface area contributed by atoms with Crippen LogP contribution in [-0.2, 0) is 9.47 Å². The summed E-state index contributed by atoms with van der Waals surface area (Å²) < 4.78 is 23.3. The quantitative estimate of drug-likeness (QED) is 0.152. The zero-order valence-corrected chi connectivity index (χ0v) is 23.9. The van der Waals surface area contributed by atoms with Gasteiger partial charge in [-0.1, -0.05) is 12.1 Å². The molecular formula is C30H30N6O6. The van der Waals surface area contributed by atoms with E-state index in [1.807, 2.05) is 12.1 Å². The van der Waals surface area contributed by atoms with Crippen molar-refractivity contribution in [2.24, 2.45) is 5.18 Å². The van der Waals surface area contributed by atoms with Crippen LogP contribution in [0, 0.1) is 4.91 Å². The molecule has 2 aromatic heterocycles. The van der Waals surface area contributed by atoms with Crippen LogP contribution in [0.4, 0.5) is 22.0 Å². The highest BCUT2D eigenvalue weighted by molar-refractivity contribution is 5.96. The van der Waals surface area contributed by atoms with Crippen LogP contribution in [0.25, 0.3) is 33.2 Å². The van der Waals surface area contributed by atoms with Crippen molar-refractivity contribution in [1.29, 1.82) is 0 Å². The molecule has 0 saturated carbocycles. The van der Waals surface area contributed by atoms with Crippen molar-refractivity contribution in [3.05, 3.63) is 65.7 Å². The third-order valence-corrected chi connectivity index (χ3v) is 6.13. The van der Waals surface area contributed by atoms with Gasteiger partial charge in [0, 0.05) is 35.2 Å². The number of methoxy groups -OCH3 is 2. The van der Waals surface area contributed by atoms with Gasteiger partial charge in [-0.15, -0.1) is 4.91 Å². The van der Waals surface area contributed by atoms with Gasteiger partial charge in [0.25, 0.3) is 0 Å². The lowest BCUT2D eigenvalue weighted by molar-refractivity contribution is 0.0522. The third-order valence-electron chi connectivity index (χ3n) is 6.13. The average Bonchev–Trinajstić information content (AvgIpc) is 3.39. The zero-order valence-electron chi connectivity index (χ0n) is 23.9. The average molecular weight is 571 g/mol. The van der Waals surface area contributed by atoms with E-state index in [4.69, 9.17) is 28.9 Å². The highest BCUT2D eigenvalue weighted by Crippen LogP contribution is 2.37. The van der Waals surface area contributed by atoms with Crippen molar-refractivity contribution < 1.29 is 23.7 Å². The fourth-order valence-corrected chi connectivity index (χ4v) is 4.27. The van der Waals surface area contributed by atoms with Gasteiger partial charge in [-0.2, -0.15) is 9.78 Å². The molecule has 5 rings (SSSR count). The van der Waals surface area contributed by atoms with Crippen LogP contribution in [0.15, 0.2) is 66.0 Å². The number of nitroso groups, excluding NO2 is 1. The van der Waals surface area contributed by atoms with E-state index in [1.54, 1.807) is 83.7 Å². The predicted octanol–water partition coefficient (Wildman–Crippen LogP) is 6.61. The van der Waals surface area contributed by atoms with E-state index in [-0.39, 0.29) is 5.69 Å². The molecule has 0 aliphatic heterocycles. The van der Waals surface area contributed by atoms with E-state index in [1.165, 1.54) is 4.68 Å². The first kappa shape index (κ1) is 28.4. The second-order valence-corrected chi connectivity index (χ2v) is 10.3. The summed E-state index contributed by atoms with van der Waals surface area (Å²) in [5.41, 5.74) is 2.10.